The van der Waals surface area contributed by atoms with Crippen LogP contribution in [0.5, 0.6) is 11.5 Å². The molecule has 0 amide bonds. The van der Waals surface area contributed by atoms with Crippen LogP contribution in [0.1, 0.15) is 48.2 Å². The molecule has 0 radical (unpaired) electrons. The second kappa shape index (κ2) is 11.9. The van der Waals surface area contributed by atoms with Crippen molar-refractivity contribution in [2.45, 2.75) is 50.4 Å². The zero-order valence-electron chi connectivity index (χ0n) is 24.0. The summed E-state index contributed by atoms with van der Waals surface area (Å²) in [5.74, 6) is 1.67. The van der Waals surface area contributed by atoms with E-state index in [4.69, 9.17) is 19.4 Å². The monoisotopic (exact) mass is 566 g/mol. The van der Waals surface area contributed by atoms with Gasteiger partial charge in [0.15, 0.2) is 0 Å². The lowest BCUT2D eigenvalue weighted by molar-refractivity contribution is 0.104. The summed E-state index contributed by atoms with van der Waals surface area (Å²) >= 11 is 0. The van der Waals surface area contributed by atoms with Gasteiger partial charge < -0.3 is 14.6 Å². The van der Waals surface area contributed by atoms with Gasteiger partial charge in [0.2, 0.25) is 0 Å². The van der Waals surface area contributed by atoms with Crippen LogP contribution in [-0.4, -0.2) is 21.2 Å². The summed E-state index contributed by atoms with van der Waals surface area (Å²) < 4.78 is 13.1. The lowest BCUT2D eigenvalue weighted by atomic mass is 9.64. The molecule has 0 bridgehead atoms. The minimum atomic E-state index is -0.375. The SMILES string of the molecule is OC1CCC(c2ccccc2OCc2ccc3ccccc3n2)(c2ccccc2OCc2ccc3ccccc3n2)CC1. The lowest BCUT2D eigenvalue weighted by Gasteiger charge is -2.41. The molecular weight excluding hydrogens is 532 g/mol. The van der Waals surface area contributed by atoms with E-state index in [-0.39, 0.29) is 11.5 Å². The summed E-state index contributed by atoms with van der Waals surface area (Å²) in [7, 11) is 0. The Hall–Kier alpha value is -4.74. The van der Waals surface area contributed by atoms with Gasteiger partial charge in [0, 0.05) is 27.3 Å². The van der Waals surface area contributed by atoms with Crippen molar-refractivity contribution in [2.24, 2.45) is 0 Å². The molecule has 214 valence electrons. The van der Waals surface area contributed by atoms with Crippen molar-refractivity contribution in [3.8, 4) is 11.5 Å². The van der Waals surface area contributed by atoms with Crippen molar-refractivity contribution >= 4 is 21.8 Å². The third kappa shape index (κ3) is 5.56. The molecule has 1 fully saturated rings. The molecule has 1 N–H and O–H groups in total. The average molecular weight is 567 g/mol. The number of hydrogen-bond donors (Lipinski definition) is 1. The number of hydrogen-bond acceptors (Lipinski definition) is 5. The molecular formula is C38H34N2O3. The molecule has 0 atom stereocenters. The fraction of sp³-hybridized carbons (Fsp3) is 0.211. The number of benzene rings is 4. The summed E-state index contributed by atoms with van der Waals surface area (Å²) in [4.78, 5) is 9.64. The number of fused-ring (bicyclic) bond motifs is 2. The van der Waals surface area contributed by atoms with Gasteiger partial charge in [-0.3, -0.25) is 0 Å². The minimum absolute atomic E-state index is 0.308. The van der Waals surface area contributed by atoms with Gasteiger partial charge in [-0.05, 0) is 62.1 Å². The van der Waals surface area contributed by atoms with E-state index in [9.17, 15) is 5.11 Å². The van der Waals surface area contributed by atoms with Crippen LogP contribution >= 0.6 is 0 Å². The lowest BCUT2D eigenvalue weighted by Crippen LogP contribution is -2.35. The fourth-order valence-corrected chi connectivity index (χ4v) is 6.44. The molecule has 0 aliphatic heterocycles. The molecule has 1 aliphatic carbocycles. The molecule has 2 aromatic heterocycles. The number of aliphatic hydroxyl groups is 1. The molecule has 1 aliphatic rings. The Morgan fingerprint density at radius 2 is 1.00 bits per heavy atom. The van der Waals surface area contributed by atoms with Crippen molar-refractivity contribution in [1.29, 1.82) is 0 Å². The first kappa shape index (κ1) is 27.1. The maximum atomic E-state index is 10.6. The van der Waals surface area contributed by atoms with E-state index >= 15 is 0 Å². The van der Waals surface area contributed by atoms with Crippen LogP contribution in [0.3, 0.4) is 0 Å². The highest BCUT2D eigenvalue weighted by Crippen LogP contribution is 2.50. The predicted molar refractivity (Wildman–Crippen MR) is 170 cm³/mol. The zero-order chi connectivity index (χ0) is 29.1. The number of pyridine rings is 2. The fourth-order valence-electron chi connectivity index (χ4n) is 6.44. The average Bonchev–Trinajstić information content (AvgIpc) is 3.07. The van der Waals surface area contributed by atoms with E-state index in [0.29, 0.717) is 26.1 Å². The Bertz CT molecular complexity index is 1750. The van der Waals surface area contributed by atoms with Gasteiger partial charge in [0.1, 0.15) is 24.7 Å². The summed E-state index contributed by atoms with van der Waals surface area (Å²) in [6.07, 6.45) is 2.69. The summed E-state index contributed by atoms with van der Waals surface area (Å²) in [5, 5.41) is 12.8. The van der Waals surface area contributed by atoms with Gasteiger partial charge in [0.05, 0.1) is 28.5 Å². The van der Waals surface area contributed by atoms with Gasteiger partial charge >= 0.3 is 0 Å². The molecule has 2 heterocycles. The zero-order valence-corrected chi connectivity index (χ0v) is 24.0. The van der Waals surface area contributed by atoms with Crippen molar-refractivity contribution < 1.29 is 14.6 Å². The van der Waals surface area contributed by atoms with Gasteiger partial charge in [-0.25, -0.2) is 9.97 Å². The number of aliphatic hydroxyl groups excluding tert-OH is 1. The third-order valence-electron chi connectivity index (χ3n) is 8.68. The van der Waals surface area contributed by atoms with Crippen LogP contribution in [0.4, 0.5) is 0 Å². The second-order valence-electron chi connectivity index (χ2n) is 11.4. The molecule has 43 heavy (non-hydrogen) atoms. The maximum Gasteiger partial charge on any atom is 0.130 e. The van der Waals surface area contributed by atoms with E-state index in [1.165, 1.54) is 0 Å². The Labute approximate surface area is 251 Å². The normalized spacial score (nSPS) is 15.0. The quantitative estimate of drug-likeness (QED) is 0.201. The van der Waals surface area contributed by atoms with E-state index in [1.807, 2.05) is 72.8 Å². The molecule has 5 nitrogen and oxygen atoms in total. The third-order valence-corrected chi connectivity index (χ3v) is 8.68. The second-order valence-corrected chi connectivity index (χ2v) is 11.4. The number of nitrogens with zero attached hydrogens (tertiary/aromatic N) is 2. The largest absolute Gasteiger partial charge is 0.487 e. The van der Waals surface area contributed by atoms with Crippen LogP contribution in [0, 0.1) is 0 Å². The Kier molecular flexibility index (Phi) is 7.48. The van der Waals surface area contributed by atoms with E-state index in [0.717, 1.165) is 68.7 Å². The highest BCUT2D eigenvalue weighted by atomic mass is 16.5. The summed E-state index contributed by atoms with van der Waals surface area (Å²) in [5.41, 5.74) is 5.54. The molecule has 0 spiro atoms. The summed E-state index contributed by atoms with van der Waals surface area (Å²) in [6.45, 7) is 0.735. The number of rotatable bonds is 8. The first-order chi connectivity index (χ1) is 21.2. The molecule has 0 unspecified atom stereocenters. The van der Waals surface area contributed by atoms with Gasteiger partial charge in [-0.15, -0.1) is 0 Å². The molecule has 1 saturated carbocycles. The maximum absolute atomic E-state index is 10.6. The van der Waals surface area contributed by atoms with E-state index < -0.39 is 0 Å². The highest BCUT2D eigenvalue weighted by Gasteiger charge is 2.42. The Morgan fingerprint density at radius 1 is 0.558 bits per heavy atom. The minimum Gasteiger partial charge on any atom is -0.487 e. The molecule has 0 saturated heterocycles. The smallest absolute Gasteiger partial charge is 0.130 e. The van der Waals surface area contributed by atoms with Crippen LogP contribution in [-0.2, 0) is 18.6 Å². The van der Waals surface area contributed by atoms with Crippen molar-refractivity contribution in [3.63, 3.8) is 0 Å². The van der Waals surface area contributed by atoms with Gasteiger partial charge in [-0.2, -0.15) is 0 Å². The van der Waals surface area contributed by atoms with Gasteiger partial charge in [-0.1, -0.05) is 84.9 Å². The number of para-hydroxylation sites is 4. The van der Waals surface area contributed by atoms with E-state index in [2.05, 4.69) is 48.5 Å². The van der Waals surface area contributed by atoms with E-state index in [1.54, 1.807) is 0 Å². The molecule has 7 rings (SSSR count). The predicted octanol–water partition coefficient (Wildman–Crippen LogP) is 8.16. The molecule has 4 aromatic carbocycles. The van der Waals surface area contributed by atoms with Crippen LogP contribution < -0.4 is 9.47 Å². The Balaban J connectivity index is 1.21. The van der Waals surface area contributed by atoms with Crippen LogP contribution in [0.15, 0.2) is 121 Å². The van der Waals surface area contributed by atoms with Crippen molar-refractivity contribution in [2.75, 3.05) is 0 Å². The van der Waals surface area contributed by atoms with Crippen LogP contribution in [0.25, 0.3) is 21.8 Å². The Morgan fingerprint density at radius 3 is 1.51 bits per heavy atom. The highest BCUT2D eigenvalue weighted by molar-refractivity contribution is 5.79. The standard InChI is InChI=1S/C38H34N2O3/c41-31-21-23-38(24-22-31,32-11-3-7-15-36(32)42-25-29-19-17-27-9-1-5-13-34(27)39-29)33-12-4-8-16-37(33)43-26-30-20-18-28-10-2-6-14-35(28)40-30/h1-20,31,41H,21-26H2. The topological polar surface area (TPSA) is 64.5 Å². The number of aromatic nitrogens is 2. The number of ether oxygens (including phenoxy) is 2. The molecule has 6 aromatic rings. The van der Waals surface area contributed by atoms with Gasteiger partial charge in [0.25, 0.3) is 0 Å². The molecule has 5 heteroatoms. The van der Waals surface area contributed by atoms with Crippen molar-refractivity contribution in [1.82, 2.24) is 9.97 Å². The van der Waals surface area contributed by atoms with Crippen LogP contribution in [0.2, 0.25) is 0 Å². The first-order valence-corrected chi connectivity index (χ1v) is 15.0. The first-order valence-electron chi connectivity index (χ1n) is 15.0. The summed E-state index contributed by atoms with van der Waals surface area (Å²) in [6, 6.07) is 41.1. The van der Waals surface area contributed by atoms with Crippen molar-refractivity contribution in [3.05, 3.63) is 144 Å².